The Bertz CT molecular complexity index is 292. The quantitative estimate of drug-likeness (QED) is 0.578. The molecule has 1 aromatic rings. The van der Waals surface area contributed by atoms with Crippen molar-refractivity contribution in [2.45, 2.75) is 20.8 Å². The van der Waals surface area contributed by atoms with Gasteiger partial charge in [-0.1, -0.05) is 6.58 Å². The second kappa shape index (κ2) is 2.57. The molecule has 0 aliphatic rings. The van der Waals surface area contributed by atoms with Crippen molar-refractivity contribution in [1.29, 1.82) is 0 Å². The fourth-order valence-electron chi connectivity index (χ4n) is 1.29. The fourth-order valence-corrected chi connectivity index (χ4v) is 1.29. The van der Waals surface area contributed by atoms with Crippen LogP contribution in [-0.4, -0.2) is 4.57 Å². The number of nitrogens with zero attached hydrogens (tertiary/aromatic N) is 1. The highest BCUT2D eigenvalue weighted by Crippen LogP contribution is 2.19. The minimum atomic E-state index is 1.14. The molecule has 0 N–H and O–H groups in total. The van der Waals surface area contributed by atoms with E-state index in [0.29, 0.717) is 0 Å². The Kier molecular flexibility index (Phi) is 1.90. The van der Waals surface area contributed by atoms with E-state index in [4.69, 9.17) is 0 Å². The topological polar surface area (TPSA) is 4.93 Å². The van der Waals surface area contributed by atoms with Gasteiger partial charge >= 0.3 is 0 Å². The molecule has 0 unspecified atom stereocenters. The fraction of sp³-hybridized carbons (Fsp3) is 0.400. The van der Waals surface area contributed by atoms with Gasteiger partial charge in [0.2, 0.25) is 0 Å². The number of aryl methyl sites for hydroxylation is 1. The summed E-state index contributed by atoms with van der Waals surface area (Å²) in [6, 6.07) is 2.18. The van der Waals surface area contributed by atoms with Crippen molar-refractivity contribution in [1.82, 2.24) is 4.57 Å². The van der Waals surface area contributed by atoms with Crippen LogP contribution in [0.1, 0.15) is 23.9 Å². The van der Waals surface area contributed by atoms with Crippen LogP contribution in [0.15, 0.2) is 12.6 Å². The SMILES string of the molecule is C=C(C)c1cc(C)n(C)c1C. The predicted octanol–water partition coefficient (Wildman–Crippen LogP) is 2.68. The molecule has 0 fully saturated rings. The van der Waals surface area contributed by atoms with Crippen molar-refractivity contribution in [3.05, 3.63) is 29.6 Å². The number of rotatable bonds is 1. The average Bonchev–Trinajstić information content (AvgIpc) is 2.17. The zero-order chi connectivity index (χ0) is 8.59. The van der Waals surface area contributed by atoms with Gasteiger partial charge in [0.25, 0.3) is 0 Å². The largest absolute Gasteiger partial charge is 0.352 e. The summed E-state index contributed by atoms with van der Waals surface area (Å²) in [4.78, 5) is 0. The standard InChI is InChI=1S/C10H15N/c1-7(2)10-6-8(3)11(5)9(10)4/h6H,1H2,2-5H3. The van der Waals surface area contributed by atoms with E-state index in [1.54, 1.807) is 0 Å². The molecule has 0 aliphatic carbocycles. The van der Waals surface area contributed by atoms with E-state index >= 15 is 0 Å². The first-order chi connectivity index (χ1) is 5.04. The van der Waals surface area contributed by atoms with Crippen LogP contribution in [0.25, 0.3) is 5.57 Å². The molecule has 0 bridgehead atoms. The summed E-state index contributed by atoms with van der Waals surface area (Å²) in [6.07, 6.45) is 0. The van der Waals surface area contributed by atoms with Crippen LogP contribution in [0, 0.1) is 13.8 Å². The molecule has 0 saturated carbocycles. The molecule has 11 heavy (non-hydrogen) atoms. The van der Waals surface area contributed by atoms with E-state index in [0.717, 1.165) is 5.57 Å². The zero-order valence-electron chi connectivity index (χ0n) is 7.73. The van der Waals surface area contributed by atoms with E-state index in [-0.39, 0.29) is 0 Å². The third kappa shape index (κ3) is 1.23. The van der Waals surface area contributed by atoms with E-state index in [9.17, 15) is 0 Å². The number of aromatic nitrogens is 1. The molecule has 0 amide bonds. The first-order valence-electron chi connectivity index (χ1n) is 3.83. The van der Waals surface area contributed by atoms with Gasteiger partial charge in [0.05, 0.1) is 0 Å². The Hall–Kier alpha value is -0.980. The summed E-state index contributed by atoms with van der Waals surface area (Å²) in [7, 11) is 2.08. The second-order valence-electron chi connectivity index (χ2n) is 3.12. The molecule has 1 heterocycles. The van der Waals surface area contributed by atoms with Crippen LogP contribution in [0.4, 0.5) is 0 Å². The van der Waals surface area contributed by atoms with Gasteiger partial charge in [-0.25, -0.2) is 0 Å². The molecule has 0 aromatic carbocycles. The molecule has 1 rings (SSSR count). The van der Waals surface area contributed by atoms with Crippen molar-refractivity contribution in [3.63, 3.8) is 0 Å². The van der Waals surface area contributed by atoms with Crippen molar-refractivity contribution in [3.8, 4) is 0 Å². The van der Waals surface area contributed by atoms with Crippen LogP contribution in [0.3, 0.4) is 0 Å². The molecule has 1 aromatic heterocycles. The lowest BCUT2D eigenvalue weighted by Gasteiger charge is -2.00. The molecule has 0 radical (unpaired) electrons. The maximum atomic E-state index is 3.93. The zero-order valence-corrected chi connectivity index (χ0v) is 7.73. The van der Waals surface area contributed by atoms with Crippen molar-refractivity contribution >= 4 is 5.57 Å². The molecule has 1 heteroatoms. The van der Waals surface area contributed by atoms with Crippen LogP contribution in [-0.2, 0) is 7.05 Å². The van der Waals surface area contributed by atoms with Crippen LogP contribution < -0.4 is 0 Å². The molecular weight excluding hydrogens is 134 g/mol. The summed E-state index contributed by atoms with van der Waals surface area (Å²) in [5.74, 6) is 0. The van der Waals surface area contributed by atoms with Gasteiger partial charge < -0.3 is 4.57 Å². The monoisotopic (exact) mass is 149 g/mol. The van der Waals surface area contributed by atoms with Crippen molar-refractivity contribution in [2.24, 2.45) is 7.05 Å². The van der Waals surface area contributed by atoms with Crippen molar-refractivity contribution < 1.29 is 0 Å². The molecule has 0 saturated heterocycles. The first kappa shape index (κ1) is 8.12. The van der Waals surface area contributed by atoms with Gasteiger partial charge in [-0.05, 0) is 38.0 Å². The minimum absolute atomic E-state index is 1.14. The van der Waals surface area contributed by atoms with E-state index < -0.39 is 0 Å². The molecule has 0 atom stereocenters. The smallest absolute Gasteiger partial charge is 0.0218 e. The lowest BCUT2D eigenvalue weighted by molar-refractivity contribution is 0.843. The van der Waals surface area contributed by atoms with Gasteiger partial charge in [0, 0.05) is 18.4 Å². The summed E-state index contributed by atoms with van der Waals surface area (Å²) in [6.45, 7) is 10.2. The van der Waals surface area contributed by atoms with Gasteiger partial charge in [-0.3, -0.25) is 0 Å². The molecule has 0 aliphatic heterocycles. The number of hydrogen-bond donors (Lipinski definition) is 0. The maximum Gasteiger partial charge on any atom is 0.0218 e. The van der Waals surface area contributed by atoms with Gasteiger partial charge in [-0.15, -0.1) is 0 Å². The van der Waals surface area contributed by atoms with E-state index in [2.05, 4.69) is 38.1 Å². The van der Waals surface area contributed by atoms with Gasteiger partial charge in [-0.2, -0.15) is 0 Å². The predicted molar refractivity (Wildman–Crippen MR) is 49.6 cm³/mol. The molecule has 60 valence electrons. The highest BCUT2D eigenvalue weighted by atomic mass is 14.9. The molecule has 0 spiro atoms. The Morgan fingerprint density at radius 3 is 2.18 bits per heavy atom. The summed E-state index contributed by atoms with van der Waals surface area (Å²) >= 11 is 0. The highest BCUT2D eigenvalue weighted by Gasteiger charge is 2.04. The normalized spacial score (nSPS) is 10.2. The Morgan fingerprint density at radius 2 is 2.00 bits per heavy atom. The first-order valence-corrected chi connectivity index (χ1v) is 3.83. The Balaban J connectivity index is 3.29. The number of hydrogen-bond acceptors (Lipinski definition) is 0. The van der Waals surface area contributed by atoms with Crippen LogP contribution >= 0.6 is 0 Å². The molecule has 1 nitrogen and oxygen atoms in total. The van der Waals surface area contributed by atoms with Crippen LogP contribution in [0.5, 0.6) is 0 Å². The third-order valence-corrected chi connectivity index (χ3v) is 2.23. The molecular formula is C10H15N. The maximum absolute atomic E-state index is 3.93. The van der Waals surface area contributed by atoms with E-state index in [1.165, 1.54) is 17.0 Å². The van der Waals surface area contributed by atoms with Gasteiger partial charge in [0.15, 0.2) is 0 Å². The summed E-state index contributed by atoms with van der Waals surface area (Å²) in [5, 5.41) is 0. The third-order valence-electron chi connectivity index (χ3n) is 2.23. The average molecular weight is 149 g/mol. The van der Waals surface area contributed by atoms with Crippen molar-refractivity contribution in [2.75, 3.05) is 0 Å². The Labute approximate surface area is 68.4 Å². The van der Waals surface area contributed by atoms with E-state index in [1.807, 2.05) is 6.92 Å². The van der Waals surface area contributed by atoms with Crippen LogP contribution in [0.2, 0.25) is 0 Å². The number of allylic oxidation sites excluding steroid dienone is 1. The highest BCUT2D eigenvalue weighted by molar-refractivity contribution is 5.64. The Morgan fingerprint density at radius 1 is 1.45 bits per heavy atom. The lowest BCUT2D eigenvalue weighted by atomic mass is 10.1. The summed E-state index contributed by atoms with van der Waals surface area (Å²) < 4.78 is 2.18. The second-order valence-corrected chi connectivity index (χ2v) is 3.12. The minimum Gasteiger partial charge on any atom is -0.352 e. The van der Waals surface area contributed by atoms with Gasteiger partial charge in [0.1, 0.15) is 0 Å². The lowest BCUT2D eigenvalue weighted by Crippen LogP contribution is -1.93. The summed E-state index contributed by atoms with van der Waals surface area (Å²) in [5.41, 5.74) is 5.02.